The van der Waals surface area contributed by atoms with Crippen LogP contribution in [0.15, 0.2) is 77.1 Å². The average Bonchev–Trinajstić information content (AvgIpc) is 2.71. The zero-order chi connectivity index (χ0) is 21.1. The van der Waals surface area contributed by atoms with Crippen molar-refractivity contribution in [2.75, 3.05) is 0 Å². The van der Waals surface area contributed by atoms with Gasteiger partial charge in [-0.3, -0.25) is 10.2 Å². The molecule has 0 fully saturated rings. The van der Waals surface area contributed by atoms with Crippen molar-refractivity contribution in [1.29, 1.82) is 0 Å². The summed E-state index contributed by atoms with van der Waals surface area (Å²) in [5, 5.41) is 4.50. The number of halogens is 1. The molecule has 3 nitrogen and oxygen atoms in total. The van der Waals surface area contributed by atoms with Crippen LogP contribution < -0.4 is 5.43 Å². The van der Waals surface area contributed by atoms with Gasteiger partial charge in [0.15, 0.2) is 5.78 Å². The third-order valence-electron chi connectivity index (χ3n) is 5.94. The van der Waals surface area contributed by atoms with E-state index in [2.05, 4.69) is 95.2 Å². The second kappa shape index (κ2) is 9.29. The first-order valence-corrected chi connectivity index (χ1v) is 11.7. The minimum absolute atomic E-state index is 0.323. The highest BCUT2D eigenvalue weighted by molar-refractivity contribution is 14.1. The van der Waals surface area contributed by atoms with Crippen LogP contribution in [0.25, 0.3) is 0 Å². The summed E-state index contributed by atoms with van der Waals surface area (Å²) >= 11 is 2.33. The van der Waals surface area contributed by atoms with E-state index in [-0.39, 0.29) is 0 Å². The Labute approximate surface area is 192 Å². The Morgan fingerprint density at radius 2 is 1.90 bits per heavy atom. The van der Waals surface area contributed by atoms with E-state index in [4.69, 9.17) is 0 Å². The topological polar surface area (TPSA) is 41.5 Å². The van der Waals surface area contributed by atoms with Crippen LogP contribution in [0.1, 0.15) is 49.3 Å². The van der Waals surface area contributed by atoms with E-state index in [1.165, 1.54) is 20.3 Å². The van der Waals surface area contributed by atoms with Crippen LogP contribution in [-0.4, -0.2) is 11.5 Å². The highest BCUT2D eigenvalue weighted by Gasteiger charge is 2.22. The molecule has 4 rings (SSSR count). The predicted molar refractivity (Wildman–Crippen MR) is 131 cm³/mol. The molecule has 0 bridgehead atoms. The number of Topliss-reactive ketones (excluding diaryl/α,β-unsaturated/α-hetero) is 1. The number of rotatable bonds is 5. The molecule has 1 unspecified atom stereocenters. The van der Waals surface area contributed by atoms with E-state index >= 15 is 0 Å². The minimum Gasteiger partial charge on any atom is -0.295 e. The zero-order valence-electron chi connectivity index (χ0n) is 17.4. The molecule has 0 saturated heterocycles. The van der Waals surface area contributed by atoms with Gasteiger partial charge in [0.2, 0.25) is 0 Å². The molecule has 0 saturated carbocycles. The largest absolute Gasteiger partial charge is 0.295 e. The minimum atomic E-state index is 0.323. The molecule has 2 aromatic carbocycles. The fourth-order valence-electron chi connectivity index (χ4n) is 4.38. The molecule has 0 spiro atoms. The summed E-state index contributed by atoms with van der Waals surface area (Å²) in [5.41, 5.74) is 11.0. The highest BCUT2D eigenvalue weighted by atomic mass is 127. The zero-order valence-corrected chi connectivity index (χ0v) is 19.5. The number of carbonyl (C=O) groups excluding carboxylic acids is 1. The number of benzene rings is 2. The Morgan fingerprint density at radius 3 is 2.63 bits per heavy atom. The lowest BCUT2D eigenvalue weighted by Crippen LogP contribution is -2.25. The Kier molecular flexibility index (Phi) is 6.52. The Balaban J connectivity index is 1.55. The summed E-state index contributed by atoms with van der Waals surface area (Å²) in [5.74, 6) is 0.687. The van der Waals surface area contributed by atoms with Crippen LogP contribution >= 0.6 is 22.6 Å². The second-order valence-electron chi connectivity index (χ2n) is 8.36. The Bertz CT molecular complexity index is 1030. The van der Waals surface area contributed by atoms with Crippen molar-refractivity contribution < 1.29 is 4.79 Å². The van der Waals surface area contributed by atoms with Gasteiger partial charge < -0.3 is 0 Å². The molecule has 0 amide bonds. The molecular weight excluding hydrogens is 483 g/mol. The average molecular weight is 510 g/mol. The molecule has 2 aliphatic rings. The smallest absolute Gasteiger partial charge is 0.159 e. The molecule has 4 heteroatoms. The first-order chi connectivity index (χ1) is 14.5. The monoisotopic (exact) mass is 510 g/mol. The quantitative estimate of drug-likeness (QED) is 0.504. The van der Waals surface area contributed by atoms with E-state index in [1.807, 2.05) is 0 Å². The van der Waals surface area contributed by atoms with Gasteiger partial charge in [0.05, 0.1) is 5.71 Å². The molecule has 1 aliphatic heterocycles. The van der Waals surface area contributed by atoms with E-state index in [9.17, 15) is 4.79 Å². The third-order valence-corrected chi connectivity index (χ3v) is 6.61. The van der Waals surface area contributed by atoms with E-state index in [0.717, 1.165) is 54.6 Å². The molecule has 154 valence electrons. The van der Waals surface area contributed by atoms with Crippen molar-refractivity contribution in [3.63, 3.8) is 0 Å². The van der Waals surface area contributed by atoms with Crippen LogP contribution in [0.2, 0.25) is 0 Å². The lowest BCUT2D eigenvalue weighted by Gasteiger charge is -2.22. The number of ketones is 1. The Morgan fingerprint density at radius 1 is 1.10 bits per heavy atom. The number of nitrogens with zero attached hydrogens (tertiary/aromatic N) is 1. The fourth-order valence-corrected chi connectivity index (χ4v) is 4.99. The second-order valence-corrected chi connectivity index (χ2v) is 9.60. The number of allylic oxidation sites excluding steroid dienone is 3. The highest BCUT2D eigenvalue weighted by Crippen LogP contribution is 2.29. The van der Waals surface area contributed by atoms with E-state index in [0.29, 0.717) is 18.1 Å². The number of hydrogen-bond donors (Lipinski definition) is 1. The van der Waals surface area contributed by atoms with Gasteiger partial charge in [-0.05, 0) is 82.7 Å². The van der Waals surface area contributed by atoms with Crippen molar-refractivity contribution in [2.24, 2.45) is 11.0 Å². The fraction of sp³-hybridized carbons (Fsp3) is 0.308. The van der Waals surface area contributed by atoms with Crippen molar-refractivity contribution in [1.82, 2.24) is 5.43 Å². The van der Waals surface area contributed by atoms with E-state index < -0.39 is 0 Å². The predicted octanol–water partition coefficient (Wildman–Crippen LogP) is 5.97. The summed E-state index contributed by atoms with van der Waals surface area (Å²) < 4.78 is 1.21. The molecule has 0 aromatic heterocycles. The van der Waals surface area contributed by atoms with Crippen LogP contribution in [0.3, 0.4) is 0 Å². The summed E-state index contributed by atoms with van der Waals surface area (Å²) in [6.07, 6.45) is 5.17. The molecule has 1 heterocycles. The lowest BCUT2D eigenvalue weighted by atomic mass is 9.84. The normalized spacial score (nSPS) is 19.5. The number of hydrazone groups is 1. The van der Waals surface area contributed by atoms with Gasteiger partial charge in [-0.15, -0.1) is 0 Å². The van der Waals surface area contributed by atoms with Gasteiger partial charge >= 0.3 is 0 Å². The van der Waals surface area contributed by atoms with Crippen molar-refractivity contribution >= 4 is 34.1 Å². The molecule has 1 atom stereocenters. The molecule has 0 radical (unpaired) electrons. The number of carbonyl (C=O) groups is 1. The van der Waals surface area contributed by atoms with Crippen LogP contribution in [0.5, 0.6) is 0 Å². The summed E-state index contributed by atoms with van der Waals surface area (Å²) in [6, 6.07) is 17.1. The maximum atomic E-state index is 12.7. The third kappa shape index (κ3) is 4.91. The Hall–Kier alpha value is -2.21. The van der Waals surface area contributed by atoms with Crippen LogP contribution in [0.4, 0.5) is 0 Å². The first kappa shape index (κ1) is 21.0. The number of nitrogens with one attached hydrogen (secondary N) is 1. The van der Waals surface area contributed by atoms with Gasteiger partial charge in [0.25, 0.3) is 0 Å². The first-order valence-electron chi connectivity index (χ1n) is 10.6. The lowest BCUT2D eigenvalue weighted by molar-refractivity contribution is -0.116. The maximum Gasteiger partial charge on any atom is 0.159 e. The van der Waals surface area contributed by atoms with Crippen LogP contribution in [-0.2, 0) is 17.6 Å². The standard InChI is InChI=1S/C26H27IN2O/c1-17-13-18(2)28-29-26(17)21-11-9-19(10-12-21)14-22-6-4-8-25(30)24(22)16-20-5-3-7-23(27)15-20/h3,5,7,9-12,15,17,28H,2,4,6,8,13-14,16H2,1H3. The van der Waals surface area contributed by atoms with Crippen molar-refractivity contribution in [3.05, 3.63) is 92.2 Å². The van der Waals surface area contributed by atoms with Crippen LogP contribution in [0, 0.1) is 9.49 Å². The molecular formula is C26H27IN2O. The SMILES string of the molecule is C=C1CC(C)C(c2ccc(CC3=C(Cc4cccc(I)c4)C(=O)CCC3)cc2)=NN1. The van der Waals surface area contributed by atoms with Gasteiger partial charge in [-0.2, -0.15) is 5.10 Å². The van der Waals surface area contributed by atoms with E-state index in [1.54, 1.807) is 0 Å². The summed E-state index contributed by atoms with van der Waals surface area (Å²) in [7, 11) is 0. The van der Waals surface area contributed by atoms with Crippen molar-refractivity contribution in [2.45, 2.75) is 45.4 Å². The van der Waals surface area contributed by atoms with Gasteiger partial charge in [-0.1, -0.05) is 55.5 Å². The maximum absolute atomic E-state index is 12.7. The van der Waals surface area contributed by atoms with Gasteiger partial charge in [0, 0.05) is 28.0 Å². The molecule has 2 aromatic rings. The molecule has 1 aliphatic carbocycles. The summed E-state index contributed by atoms with van der Waals surface area (Å²) in [6.45, 7) is 6.16. The molecule has 30 heavy (non-hydrogen) atoms. The van der Waals surface area contributed by atoms with Gasteiger partial charge in [-0.25, -0.2) is 0 Å². The van der Waals surface area contributed by atoms with Gasteiger partial charge in [0.1, 0.15) is 0 Å². The summed E-state index contributed by atoms with van der Waals surface area (Å²) in [4.78, 5) is 12.7. The molecule has 1 N–H and O–H groups in total. The number of hydrogen-bond acceptors (Lipinski definition) is 3. The van der Waals surface area contributed by atoms with Crippen molar-refractivity contribution in [3.8, 4) is 0 Å².